The number of hydrogen-bond acceptors (Lipinski definition) is 4. The molecule has 1 fully saturated rings. The van der Waals surface area contributed by atoms with Crippen LogP contribution in [0.4, 0.5) is 0 Å². The molecule has 1 N–H and O–H groups in total. The van der Waals surface area contributed by atoms with Crippen LogP contribution in [-0.2, 0) is 11.3 Å². The lowest BCUT2D eigenvalue weighted by Crippen LogP contribution is -2.53. The molecular formula is C25H29N3O3. The van der Waals surface area contributed by atoms with Gasteiger partial charge in [0.2, 0.25) is 0 Å². The molecule has 31 heavy (non-hydrogen) atoms. The minimum Gasteiger partial charge on any atom is -0.480 e. The highest BCUT2D eigenvalue weighted by Gasteiger charge is 2.40. The summed E-state index contributed by atoms with van der Waals surface area (Å²) in [6.45, 7) is 2.06. The van der Waals surface area contributed by atoms with Crippen molar-refractivity contribution < 1.29 is 14.3 Å². The molecule has 2 aromatic carbocycles. The zero-order valence-corrected chi connectivity index (χ0v) is 18.1. The fourth-order valence-corrected chi connectivity index (χ4v) is 4.01. The second-order valence-electron chi connectivity index (χ2n) is 8.03. The molecule has 1 aliphatic rings. The van der Waals surface area contributed by atoms with Gasteiger partial charge in [0.15, 0.2) is 6.10 Å². The third kappa shape index (κ3) is 5.24. The Hall–Kier alpha value is -3.33. The van der Waals surface area contributed by atoms with Crippen molar-refractivity contribution in [2.75, 3.05) is 7.05 Å². The molecule has 0 saturated heterocycles. The fourth-order valence-electron chi connectivity index (χ4n) is 4.01. The van der Waals surface area contributed by atoms with Gasteiger partial charge >= 0.3 is 0 Å². The third-order valence-electron chi connectivity index (χ3n) is 5.94. The monoisotopic (exact) mass is 419 g/mol. The number of nitrogens with zero attached hydrogens (tertiary/aromatic N) is 2. The molecule has 1 atom stereocenters. The van der Waals surface area contributed by atoms with Gasteiger partial charge < -0.3 is 15.0 Å². The maximum absolute atomic E-state index is 13.1. The Labute approximate surface area is 183 Å². The van der Waals surface area contributed by atoms with Gasteiger partial charge in [-0.3, -0.25) is 9.59 Å². The Kier molecular flexibility index (Phi) is 7.30. The van der Waals surface area contributed by atoms with Crippen molar-refractivity contribution in [2.24, 2.45) is 0 Å². The minimum atomic E-state index is -0.819. The number of amides is 2. The van der Waals surface area contributed by atoms with Gasteiger partial charge in [-0.1, -0.05) is 61.7 Å². The lowest BCUT2D eigenvalue weighted by molar-refractivity contribution is -0.141. The lowest BCUT2D eigenvalue weighted by atomic mass is 9.81. The minimum absolute atomic E-state index is 0.261. The smallest absolute Gasteiger partial charge is 0.264 e. The zero-order chi connectivity index (χ0) is 22.3. The summed E-state index contributed by atoms with van der Waals surface area (Å²) in [5, 5.41) is 12.7. The summed E-state index contributed by atoms with van der Waals surface area (Å²) in [7, 11) is 1.68. The summed E-state index contributed by atoms with van der Waals surface area (Å²) in [6, 6.07) is 18.9. The maximum Gasteiger partial charge on any atom is 0.264 e. The molecule has 0 aliphatic heterocycles. The molecule has 0 bridgehead atoms. The molecule has 6 nitrogen and oxygen atoms in total. The molecule has 2 aromatic rings. The van der Waals surface area contributed by atoms with E-state index in [1.165, 1.54) is 4.90 Å². The van der Waals surface area contributed by atoms with Crippen LogP contribution in [-0.4, -0.2) is 35.4 Å². The van der Waals surface area contributed by atoms with Crippen molar-refractivity contribution in [3.63, 3.8) is 0 Å². The highest BCUT2D eigenvalue weighted by molar-refractivity contribution is 5.97. The number of benzene rings is 2. The first-order valence-corrected chi connectivity index (χ1v) is 10.7. The van der Waals surface area contributed by atoms with Gasteiger partial charge in [0, 0.05) is 13.6 Å². The van der Waals surface area contributed by atoms with E-state index in [2.05, 4.69) is 11.4 Å². The first-order chi connectivity index (χ1) is 15.0. The Bertz CT molecular complexity index is 946. The van der Waals surface area contributed by atoms with Gasteiger partial charge in [0.25, 0.3) is 11.8 Å². The molecule has 6 heteroatoms. The van der Waals surface area contributed by atoms with E-state index < -0.39 is 11.6 Å². The summed E-state index contributed by atoms with van der Waals surface area (Å²) < 4.78 is 5.92. The Balaban J connectivity index is 1.68. The van der Waals surface area contributed by atoms with E-state index in [4.69, 9.17) is 4.74 Å². The number of nitrogens with one attached hydrogen (secondary N) is 1. The van der Waals surface area contributed by atoms with Crippen molar-refractivity contribution in [1.29, 1.82) is 5.26 Å². The molecule has 0 spiro atoms. The van der Waals surface area contributed by atoms with Crippen LogP contribution in [0.5, 0.6) is 5.75 Å². The van der Waals surface area contributed by atoms with Crippen molar-refractivity contribution in [3.05, 3.63) is 65.7 Å². The van der Waals surface area contributed by atoms with Crippen LogP contribution in [0.15, 0.2) is 54.6 Å². The normalized spacial score (nSPS) is 15.9. The molecule has 3 rings (SSSR count). The average molecular weight is 420 g/mol. The molecule has 0 radical (unpaired) electrons. The summed E-state index contributed by atoms with van der Waals surface area (Å²) in [4.78, 5) is 27.3. The standard InChI is InChI=1S/C25H29N3O3/c1-19(24(30)28(2)25(18-26)15-9-4-10-16-25)31-22-14-8-7-13-21(22)23(29)27-17-20-11-5-3-6-12-20/h3,5-8,11-14,19H,4,9-10,15-17H2,1-2H3,(H,27,29)/t19-/m0/s1. The van der Waals surface area contributed by atoms with Crippen LogP contribution in [0.3, 0.4) is 0 Å². The third-order valence-corrected chi connectivity index (χ3v) is 5.94. The number of likely N-dealkylation sites (N-methyl/N-ethyl adjacent to an activating group) is 1. The summed E-state index contributed by atoms with van der Waals surface area (Å²) in [5.74, 6) is -0.187. The Morgan fingerprint density at radius 3 is 2.42 bits per heavy atom. The predicted molar refractivity (Wildman–Crippen MR) is 118 cm³/mol. The van der Waals surface area contributed by atoms with E-state index in [1.807, 2.05) is 30.3 Å². The second kappa shape index (κ2) is 10.1. The topological polar surface area (TPSA) is 82.4 Å². The predicted octanol–water partition coefficient (Wildman–Crippen LogP) is 4.07. The summed E-state index contributed by atoms with van der Waals surface area (Å²) in [5.41, 5.74) is 0.585. The van der Waals surface area contributed by atoms with E-state index in [1.54, 1.807) is 38.2 Å². The van der Waals surface area contributed by atoms with Gasteiger partial charge in [0.1, 0.15) is 11.3 Å². The van der Waals surface area contributed by atoms with Gasteiger partial charge in [-0.15, -0.1) is 0 Å². The largest absolute Gasteiger partial charge is 0.480 e. The van der Waals surface area contributed by atoms with Crippen LogP contribution in [0.25, 0.3) is 0 Å². The average Bonchev–Trinajstić information content (AvgIpc) is 2.83. The van der Waals surface area contributed by atoms with E-state index in [-0.39, 0.29) is 11.8 Å². The molecule has 1 aliphatic carbocycles. The number of para-hydroxylation sites is 1. The van der Waals surface area contributed by atoms with E-state index >= 15 is 0 Å². The Morgan fingerprint density at radius 1 is 1.10 bits per heavy atom. The fraction of sp³-hybridized carbons (Fsp3) is 0.400. The van der Waals surface area contributed by atoms with Gasteiger partial charge in [-0.05, 0) is 37.5 Å². The van der Waals surface area contributed by atoms with Crippen LogP contribution in [0, 0.1) is 11.3 Å². The molecule has 0 heterocycles. The lowest BCUT2D eigenvalue weighted by Gasteiger charge is -2.40. The molecular weight excluding hydrogens is 390 g/mol. The van der Waals surface area contributed by atoms with E-state index in [9.17, 15) is 14.9 Å². The molecule has 162 valence electrons. The summed E-state index contributed by atoms with van der Waals surface area (Å²) in [6.07, 6.45) is 3.49. The van der Waals surface area contributed by atoms with Crippen LogP contribution >= 0.6 is 0 Å². The summed E-state index contributed by atoms with van der Waals surface area (Å²) >= 11 is 0. The van der Waals surface area contributed by atoms with Gasteiger partial charge in [-0.2, -0.15) is 5.26 Å². The molecule has 0 unspecified atom stereocenters. The SMILES string of the molecule is C[C@H](Oc1ccccc1C(=O)NCc1ccccc1)C(=O)N(C)C1(C#N)CCCCC1. The first-order valence-electron chi connectivity index (χ1n) is 10.7. The number of rotatable bonds is 7. The van der Waals surface area contributed by atoms with Crippen LogP contribution in [0.2, 0.25) is 0 Å². The van der Waals surface area contributed by atoms with Crippen molar-refractivity contribution in [3.8, 4) is 11.8 Å². The van der Waals surface area contributed by atoms with E-state index in [0.29, 0.717) is 30.7 Å². The quantitative estimate of drug-likeness (QED) is 0.733. The van der Waals surface area contributed by atoms with Gasteiger partial charge in [0.05, 0.1) is 11.6 Å². The van der Waals surface area contributed by atoms with E-state index in [0.717, 1.165) is 24.8 Å². The number of ether oxygens (including phenoxy) is 1. The van der Waals surface area contributed by atoms with Crippen LogP contribution in [0.1, 0.15) is 54.9 Å². The van der Waals surface area contributed by atoms with Crippen molar-refractivity contribution in [2.45, 2.75) is 57.2 Å². The van der Waals surface area contributed by atoms with Crippen molar-refractivity contribution in [1.82, 2.24) is 10.2 Å². The molecule has 0 aromatic heterocycles. The molecule has 1 saturated carbocycles. The van der Waals surface area contributed by atoms with Crippen molar-refractivity contribution >= 4 is 11.8 Å². The second-order valence-corrected chi connectivity index (χ2v) is 8.03. The highest BCUT2D eigenvalue weighted by Crippen LogP contribution is 2.33. The van der Waals surface area contributed by atoms with Crippen LogP contribution < -0.4 is 10.1 Å². The number of hydrogen-bond donors (Lipinski definition) is 1. The highest BCUT2D eigenvalue weighted by atomic mass is 16.5. The number of carbonyl (C=O) groups excluding carboxylic acids is 2. The number of carbonyl (C=O) groups is 2. The van der Waals surface area contributed by atoms with Gasteiger partial charge in [-0.25, -0.2) is 0 Å². The number of nitriles is 1. The Morgan fingerprint density at radius 2 is 1.74 bits per heavy atom. The first kappa shape index (κ1) is 22.4. The zero-order valence-electron chi connectivity index (χ0n) is 18.1. The molecule has 2 amide bonds. The maximum atomic E-state index is 13.1.